The van der Waals surface area contributed by atoms with Crippen LogP contribution in [-0.4, -0.2) is 31.6 Å². The molecule has 1 N–H and O–H groups in total. The number of ether oxygens (including phenoxy) is 2. The minimum Gasteiger partial charge on any atom is -0.482 e. The van der Waals surface area contributed by atoms with Crippen LogP contribution in [0.2, 0.25) is 5.02 Å². The number of methoxy groups -OCH3 is 1. The minimum absolute atomic E-state index is 0.0771. The number of benzene rings is 1. The second-order valence-electron chi connectivity index (χ2n) is 4.53. The van der Waals surface area contributed by atoms with Crippen molar-refractivity contribution >= 4 is 23.5 Å². The van der Waals surface area contributed by atoms with Gasteiger partial charge < -0.3 is 14.8 Å². The van der Waals surface area contributed by atoms with E-state index in [9.17, 15) is 9.59 Å². The Balaban J connectivity index is 2.55. The first kappa shape index (κ1) is 16.3. The molecule has 0 aromatic heterocycles. The lowest BCUT2D eigenvalue weighted by atomic mass is 10.0. The standard InChI is InChI=1S/C14H18ClNO4/c1-9(2)13(14(18)19-3)16-12(17)8-20-11-7-5-4-6-10(11)15/h4-7,9,13H,8H2,1-3H3,(H,16,17)/t13-/m0/s1. The molecule has 1 amide bonds. The first-order valence-electron chi connectivity index (χ1n) is 6.20. The first-order chi connectivity index (χ1) is 9.45. The molecule has 5 nitrogen and oxygen atoms in total. The van der Waals surface area contributed by atoms with Gasteiger partial charge in [0.1, 0.15) is 11.8 Å². The lowest BCUT2D eigenvalue weighted by Gasteiger charge is -2.19. The van der Waals surface area contributed by atoms with Crippen LogP contribution in [-0.2, 0) is 14.3 Å². The van der Waals surface area contributed by atoms with Gasteiger partial charge in [-0.2, -0.15) is 0 Å². The summed E-state index contributed by atoms with van der Waals surface area (Å²) in [4.78, 5) is 23.3. The number of hydrogen-bond acceptors (Lipinski definition) is 4. The molecule has 0 aliphatic heterocycles. The zero-order valence-electron chi connectivity index (χ0n) is 11.7. The van der Waals surface area contributed by atoms with E-state index in [0.717, 1.165) is 0 Å². The average molecular weight is 300 g/mol. The van der Waals surface area contributed by atoms with E-state index in [0.29, 0.717) is 10.8 Å². The van der Waals surface area contributed by atoms with Gasteiger partial charge in [0.25, 0.3) is 5.91 Å². The van der Waals surface area contributed by atoms with Crippen molar-refractivity contribution in [3.8, 4) is 5.75 Å². The summed E-state index contributed by atoms with van der Waals surface area (Å²) in [6, 6.07) is 6.16. The molecule has 1 rings (SSSR count). The molecule has 0 heterocycles. The molecule has 0 aliphatic carbocycles. The predicted octanol–water partition coefficient (Wildman–Crippen LogP) is 2.03. The summed E-state index contributed by atoms with van der Waals surface area (Å²) in [5, 5.41) is 3.00. The summed E-state index contributed by atoms with van der Waals surface area (Å²) in [6.07, 6.45) is 0. The fourth-order valence-electron chi connectivity index (χ4n) is 1.54. The van der Waals surface area contributed by atoms with E-state index in [4.69, 9.17) is 16.3 Å². The van der Waals surface area contributed by atoms with Crippen molar-refractivity contribution in [3.05, 3.63) is 29.3 Å². The number of halogens is 1. The third-order valence-corrected chi connectivity index (χ3v) is 2.95. The van der Waals surface area contributed by atoms with Crippen LogP contribution in [0.5, 0.6) is 5.75 Å². The summed E-state index contributed by atoms with van der Waals surface area (Å²) < 4.78 is 9.94. The Bertz CT molecular complexity index is 476. The fraction of sp³-hybridized carbons (Fsp3) is 0.429. The van der Waals surface area contributed by atoms with Crippen LogP contribution < -0.4 is 10.1 Å². The highest BCUT2D eigenvalue weighted by Crippen LogP contribution is 2.22. The zero-order valence-corrected chi connectivity index (χ0v) is 12.4. The van der Waals surface area contributed by atoms with E-state index in [-0.39, 0.29) is 12.5 Å². The quantitative estimate of drug-likeness (QED) is 0.816. The highest BCUT2D eigenvalue weighted by Gasteiger charge is 2.24. The summed E-state index contributed by atoms with van der Waals surface area (Å²) in [7, 11) is 1.28. The van der Waals surface area contributed by atoms with Gasteiger partial charge in [-0.05, 0) is 18.1 Å². The Labute approximate surface area is 123 Å². The number of carbonyl (C=O) groups is 2. The molecule has 0 radical (unpaired) electrons. The molecule has 20 heavy (non-hydrogen) atoms. The molecule has 1 atom stereocenters. The number of nitrogens with one attached hydrogen (secondary N) is 1. The van der Waals surface area contributed by atoms with E-state index >= 15 is 0 Å². The molecule has 1 aromatic rings. The molecule has 6 heteroatoms. The third kappa shape index (κ3) is 4.74. The van der Waals surface area contributed by atoms with Crippen LogP contribution in [0.15, 0.2) is 24.3 Å². The maximum atomic E-state index is 11.8. The smallest absolute Gasteiger partial charge is 0.328 e. The second-order valence-corrected chi connectivity index (χ2v) is 4.94. The van der Waals surface area contributed by atoms with Gasteiger partial charge in [-0.15, -0.1) is 0 Å². The van der Waals surface area contributed by atoms with Crippen LogP contribution >= 0.6 is 11.6 Å². The molecule has 0 saturated heterocycles. The monoisotopic (exact) mass is 299 g/mol. The van der Waals surface area contributed by atoms with Gasteiger partial charge in [-0.1, -0.05) is 37.6 Å². The third-order valence-electron chi connectivity index (χ3n) is 2.63. The highest BCUT2D eigenvalue weighted by molar-refractivity contribution is 6.32. The van der Waals surface area contributed by atoms with Crippen LogP contribution in [0.25, 0.3) is 0 Å². The maximum absolute atomic E-state index is 11.8. The van der Waals surface area contributed by atoms with Gasteiger partial charge in [0.15, 0.2) is 6.61 Å². The summed E-state index contributed by atoms with van der Waals surface area (Å²) in [5.74, 6) is -0.546. The average Bonchev–Trinajstić information content (AvgIpc) is 2.42. The van der Waals surface area contributed by atoms with Crippen molar-refractivity contribution in [2.45, 2.75) is 19.9 Å². The van der Waals surface area contributed by atoms with Crippen molar-refractivity contribution in [2.75, 3.05) is 13.7 Å². The van der Waals surface area contributed by atoms with E-state index in [1.807, 2.05) is 13.8 Å². The highest BCUT2D eigenvalue weighted by atomic mass is 35.5. The van der Waals surface area contributed by atoms with Crippen LogP contribution in [0.3, 0.4) is 0 Å². The lowest BCUT2D eigenvalue weighted by molar-refractivity contribution is -0.146. The maximum Gasteiger partial charge on any atom is 0.328 e. The topological polar surface area (TPSA) is 64.6 Å². The van der Waals surface area contributed by atoms with Gasteiger partial charge in [0, 0.05) is 0 Å². The van der Waals surface area contributed by atoms with E-state index in [1.165, 1.54) is 7.11 Å². The normalized spacial score (nSPS) is 11.8. The molecule has 0 bridgehead atoms. The van der Waals surface area contributed by atoms with Gasteiger partial charge in [0.05, 0.1) is 12.1 Å². The van der Waals surface area contributed by atoms with Crippen molar-refractivity contribution in [1.82, 2.24) is 5.32 Å². The van der Waals surface area contributed by atoms with Gasteiger partial charge >= 0.3 is 5.97 Å². The Hall–Kier alpha value is -1.75. The summed E-state index contributed by atoms with van der Waals surface area (Å²) >= 11 is 5.91. The molecule has 0 spiro atoms. The minimum atomic E-state index is -0.692. The van der Waals surface area contributed by atoms with E-state index < -0.39 is 17.9 Å². The fourth-order valence-corrected chi connectivity index (χ4v) is 1.74. The Morgan fingerprint density at radius 1 is 1.30 bits per heavy atom. The van der Waals surface area contributed by atoms with Gasteiger partial charge in [-0.3, -0.25) is 4.79 Å². The van der Waals surface area contributed by atoms with Crippen molar-refractivity contribution in [3.63, 3.8) is 0 Å². The summed E-state index contributed by atoms with van der Waals surface area (Å²) in [6.45, 7) is 3.41. The van der Waals surface area contributed by atoms with Gasteiger partial charge in [-0.25, -0.2) is 4.79 Å². The number of esters is 1. The largest absolute Gasteiger partial charge is 0.482 e. The predicted molar refractivity (Wildman–Crippen MR) is 75.7 cm³/mol. The van der Waals surface area contributed by atoms with Crippen molar-refractivity contribution < 1.29 is 19.1 Å². The Morgan fingerprint density at radius 2 is 1.95 bits per heavy atom. The number of hydrogen-bond donors (Lipinski definition) is 1. The molecule has 0 saturated carbocycles. The van der Waals surface area contributed by atoms with Crippen molar-refractivity contribution in [2.24, 2.45) is 5.92 Å². The van der Waals surface area contributed by atoms with Crippen LogP contribution in [0.1, 0.15) is 13.8 Å². The Kier molecular flexibility index (Phi) is 6.31. The molecule has 0 aliphatic rings. The number of carbonyl (C=O) groups excluding carboxylic acids is 2. The first-order valence-corrected chi connectivity index (χ1v) is 6.58. The second kappa shape index (κ2) is 7.75. The van der Waals surface area contributed by atoms with E-state index in [2.05, 4.69) is 10.1 Å². The zero-order chi connectivity index (χ0) is 15.1. The molecular formula is C14H18ClNO4. The molecule has 1 aromatic carbocycles. The van der Waals surface area contributed by atoms with Crippen LogP contribution in [0, 0.1) is 5.92 Å². The molecule has 0 fully saturated rings. The van der Waals surface area contributed by atoms with Crippen LogP contribution in [0.4, 0.5) is 0 Å². The number of amides is 1. The Morgan fingerprint density at radius 3 is 2.50 bits per heavy atom. The molecular weight excluding hydrogens is 282 g/mol. The summed E-state index contributed by atoms with van der Waals surface area (Å²) in [5.41, 5.74) is 0. The van der Waals surface area contributed by atoms with E-state index in [1.54, 1.807) is 24.3 Å². The van der Waals surface area contributed by atoms with Gasteiger partial charge in [0.2, 0.25) is 0 Å². The number of para-hydroxylation sites is 1. The number of rotatable bonds is 6. The molecule has 110 valence electrons. The molecule has 0 unspecified atom stereocenters. The SMILES string of the molecule is COC(=O)[C@@H](NC(=O)COc1ccccc1Cl)C(C)C. The lowest BCUT2D eigenvalue weighted by Crippen LogP contribution is -2.46. The van der Waals surface area contributed by atoms with Crippen molar-refractivity contribution in [1.29, 1.82) is 0 Å².